The normalized spacial score (nSPS) is 16.1. The smallest absolute Gasteiger partial charge is 0.405 e. The molecule has 3 rings (SSSR count). The van der Waals surface area contributed by atoms with Crippen LogP contribution >= 0.6 is 0 Å². The molecule has 1 aliphatic rings. The summed E-state index contributed by atoms with van der Waals surface area (Å²) in [5, 5.41) is 22.9. The monoisotopic (exact) mass is 342 g/mol. The lowest BCUT2D eigenvalue weighted by atomic mass is 10.1. The van der Waals surface area contributed by atoms with Crippen molar-refractivity contribution in [1.82, 2.24) is 9.78 Å². The second-order valence-electron chi connectivity index (χ2n) is 5.75. The van der Waals surface area contributed by atoms with Crippen molar-refractivity contribution in [3.8, 4) is 17.0 Å². The number of para-hydroxylation sites is 1. The van der Waals surface area contributed by atoms with E-state index in [0.717, 1.165) is 25.7 Å². The third kappa shape index (κ3) is 3.54. The summed E-state index contributed by atoms with van der Waals surface area (Å²) in [6.07, 6.45) is -2.91. The van der Waals surface area contributed by atoms with Gasteiger partial charge in [0.25, 0.3) is 0 Å². The van der Waals surface area contributed by atoms with E-state index >= 15 is 0 Å². The van der Waals surface area contributed by atoms with Gasteiger partial charge in [0, 0.05) is 5.56 Å². The van der Waals surface area contributed by atoms with E-state index in [1.54, 1.807) is 10.7 Å². The zero-order chi connectivity index (χ0) is 17.3. The van der Waals surface area contributed by atoms with E-state index < -0.39 is 12.7 Å². The Morgan fingerprint density at radius 2 is 1.83 bits per heavy atom. The second kappa shape index (κ2) is 6.45. The minimum Gasteiger partial charge on any atom is -0.405 e. The summed E-state index contributed by atoms with van der Waals surface area (Å²) in [7, 11) is 0. The number of benzene rings is 1. The fraction of sp³-hybridized carbons (Fsp3) is 0.438. The van der Waals surface area contributed by atoms with Gasteiger partial charge in [-0.15, -0.1) is 13.2 Å². The highest BCUT2D eigenvalue weighted by atomic mass is 19.4. The van der Waals surface area contributed by atoms with Crippen LogP contribution in [-0.2, 0) is 0 Å². The molecular formula is C16H17F3N2O3. The molecule has 1 aromatic carbocycles. The minimum atomic E-state index is -4.81. The lowest BCUT2D eigenvalue weighted by molar-refractivity contribution is -0.274. The molecule has 0 spiro atoms. The van der Waals surface area contributed by atoms with E-state index in [0.29, 0.717) is 5.69 Å². The molecule has 1 aromatic heterocycles. The van der Waals surface area contributed by atoms with Crippen LogP contribution < -0.4 is 4.74 Å². The number of alkyl halides is 3. The Morgan fingerprint density at radius 3 is 2.46 bits per heavy atom. The summed E-state index contributed by atoms with van der Waals surface area (Å²) >= 11 is 0. The fourth-order valence-corrected chi connectivity index (χ4v) is 3.06. The molecule has 1 heterocycles. The Hall–Kier alpha value is -2.06. The van der Waals surface area contributed by atoms with Gasteiger partial charge in [-0.2, -0.15) is 5.10 Å². The van der Waals surface area contributed by atoms with Crippen molar-refractivity contribution < 1.29 is 28.1 Å². The van der Waals surface area contributed by atoms with E-state index in [1.165, 1.54) is 24.3 Å². The van der Waals surface area contributed by atoms with Gasteiger partial charge in [-0.05, 0) is 31.0 Å². The molecule has 8 heteroatoms. The molecule has 2 aromatic rings. The zero-order valence-corrected chi connectivity index (χ0v) is 12.7. The van der Waals surface area contributed by atoms with Gasteiger partial charge in [0.1, 0.15) is 11.4 Å². The number of rotatable bonds is 4. The summed E-state index contributed by atoms with van der Waals surface area (Å²) in [6, 6.07) is 7.18. The maximum atomic E-state index is 12.6. The number of aliphatic hydroxyl groups excluding tert-OH is 1. The van der Waals surface area contributed by atoms with Gasteiger partial charge in [0.15, 0.2) is 6.29 Å². The quantitative estimate of drug-likeness (QED) is 0.834. The first-order valence-electron chi connectivity index (χ1n) is 7.66. The van der Waals surface area contributed by atoms with E-state index in [-0.39, 0.29) is 23.0 Å². The molecule has 0 bridgehead atoms. The topological polar surface area (TPSA) is 67.5 Å². The molecule has 0 amide bonds. The Morgan fingerprint density at radius 1 is 1.17 bits per heavy atom. The van der Waals surface area contributed by atoms with Crippen LogP contribution in [0.2, 0.25) is 0 Å². The van der Waals surface area contributed by atoms with Gasteiger partial charge in [0.05, 0.1) is 11.7 Å². The van der Waals surface area contributed by atoms with Gasteiger partial charge in [-0.25, -0.2) is 0 Å². The first-order chi connectivity index (χ1) is 11.3. The SMILES string of the molecule is OC(O)c1cc(-c2ccccc2OC(F)(F)F)n(C2CCCC2)n1. The summed E-state index contributed by atoms with van der Waals surface area (Å²) in [5.74, 6) is -0.344. The van der Waals surface area contributed by atoms with Gasteiger partial charge >= 0.3 is 6.36 Å². The van der Waals surface area contributed by atoms with E-state index in [2.05, 4.69) is 9.84 Å². The third-order valence-electron chi connectivity index (χ3n) is 4.08. The van der Waals surface area contributed by atoms with Gasteiger partial charge in [0.2, 0.25) is 0 Å². The van der Waals surface area contributed by atoms with Crippen LogP contribution in [0.25, 0.3) is 11.3 Å². The van der Waals surface area contributed by atoms with Gasteiger partial charge in [-0.1, -0.05) is 25.0 Å². The molecule has 0 unspecified atom stereocenters. The molecule has 1 aliphatic carbocycles. The molecule has 1 saturated carbocycles. The summed E-state index contributed by atoms with van der Waals surface area (Å²) in [4.78, 5) is 0. The first-order valence-corrected chi connectivity index (χ1v) is 7.66. The second-order valence-corrected chi connectivity index (χ2v) is 5.75. The average molecular weight is 342 g/mol. The van der Waals surface area contributed by atoms with E-state index in [1.807, 2.05) is 0 Å². The van der Waals surface area contributed by atoms with Crippen molar-refractivity contribution in [2.45, 2.75) is 44.4 Å². The molecular weight excluding hydrogens is 325 g/mol. The standard InChI is InChI=1S/C16H17F3N2O3/c17-16(18,19)24-14-8-4-3-7-11(14)13-9-12(15(22)23)20-21(13)10-5-1-2-6-10/h3-4,7-10,15,22-23H,1-2,5-6H2. The van der Waals surface area contributed by atoms with Crippen molar-refractivity contribution in [2.24, 2.45) is 0 Å². The number of hydrogen-bond acceptors (Lipinski definition) is 4. The van der Waals surface area contributed by atoms with E-state index in [4.69, 9.17) is 0 Å². The molecule has 0 radical (unpaired) electrons. The number of ether oxygens (including phenoxy) is 1. The van der Waals surface area contributed by atoms with Crippen LogP contribution in [0, 0.1) is 0 Å². The Balaban J connectivity index is 2.08. The van der Waals surface area contributed by atoms with Crippen molar-refractivity contribution in [3.63, 3.8) is 0 Å². The Labute approximate surface area is 136 Å². The van der Waals surface area contributed by atoms with Crippen LogP contribution in [0.3, 0.4) is 0 Å². The number of halogens is 3. The van der Waals surface area contributed by atoms with Gasteiger partial charge in [-0.3, -0.25) is 4.68 Å². The average Bonchev–Trinajstić information content (AvgIpc) is 3.15. The molecule has 0 atom stereocenters. The van der Waals surface area contributed by atoms with E-state index in [9.17, 15) is 23.4 Å². The first kappa shape index (κ1) is 16.8. The largest absolute Gasteiger partial charge is 0.573 e. The molecule has 130 valence electrons. The van der Waals surface area contributed by atoms with Crippen LogP contribution in [0.1, 0.15) is 43.7 Å². The lowest BCUT2D eigenvalue weighted by Crippen LogP contribution is -2.18. The third-order valence-corrected chi connectivity index (χ3v) is 4.08. The van der Waals surface area contributed by atoms with Crippen LogP contribution in [0.15, 0.2) is 30.3 Å². The predicted molar refractivity (Wildman–Crippen MR) is 79.0 cm³/mol. The molecule has 2 N–H and O–H groups in total. The fourth-order valence-electron chi connectivity index (χ4n) is 3.06. The molecule has 1 fully saturated rings. The highest BCUT2D eigenvalue weighted by molar-refractivity contribution is 5.68. The maximum absolute atomic E-state index is 12.6. The summed E-state index contributed by atoms with van der Waals surface area (Å²) in [5.41, 5.74) is 0.588. The number of nitrogens with zero attached hydrogens (tertiary/aromatic N) is 2. The van der Waals surface area contributed by atoms with Crippen molar-refractivity contribution in [3.05, 3.63) is 36.0 Å². The van der Waals surface area contributed by atoms with Crippen molar-refractivity contribution in [2.75, 3.05) is 0 Å². The van der Waals surface area contributed by atoms with Crippen LogP contribution in [-0.4, -0.2) is 26.4 Å². The summed E-state index contributed by atoms with van der Waals surface area (Å²) in [6.45, 7) is 0. The van der Waals surface area contributed by atoms with Crippen LogP contribution in [0.5, 0.6) is 5.75 Å². The highest BCUT2D eigenvalue weighted by Crippen LogP contribution is 2.38. The lowest BCUT2D eigenvalue weighted by Gasteiger charge is -2.17. The van der Waals surface area contributed by atoms with Crippen molar-refractivity contribution in [1.29, 1.82) is 0 Å². The van der Waals surface area contributed by atoms with Gasteiger partial charge < -0.3 is 14.9 Å². The minimum absolute atomic E-state index is 0.00119. The van der Waals surface area contributed by atoms with Crippen LogP contribution in [0.4, 0.5) is 13.2 Å². The highest BCUT2D eigenvalue weighted by Gasteiger charge is 2.33. The number of hydrogen-bond donors (Lipinski definition) is 2. The zero-order valence-electron chi connectivity index (χ0n) is 12.7. The van der Waals surface area contributed by atoms with Crippen molar-refractivity contribution >= 4 is 0 Å². The number of aliphatic hydroxyl groups is 2. The molecule has 0 saturated heterocycles. The molecule has 5 nitrogen and oxygen atoms in total. The maximum Gasteiger partial charge on any atom is 0.573 e. The number of aromatic nitrogens is 2. The molecule has 0 aliphatic heterocycles. The molecule has 24 heavy (non-hydrogen) atoms. The Kier molecular flexibility index (Phi) is 4.51. The Bertz CT molecular complexity index is 707. The predicted octanol–water partition coefficient (Wildman–Crippen LogP) is 3.55. The summed E-state index contributed by atoms with van der Waals surface area (Å²) < 4.78 is 43.6.